The van der Waals surface area contributed by atoms with Crippen molar-refractivity contribution >= 4 is 16.1 Å². The number of rotatable bonds is 3. The molecule has 1 aliphatic heterocycles. The molecule has 1 aromatic heterocycles. The van der Waals surface area contributed by atoms with Crippen molar-refractivity contribution < 1.29 is 17.9 Å². The van der Waals surface area contributed by atoms with Gasteiger partial charge >= 0.3 is 6.09 Å². The number of aromatic nitrogens is 2. The van der Waals surface area contributed by atoms with Gasteiger partial charge in [-0.2, -0.15) is 9.40 Å². The van der Waals surface area contributed by atoms with Crippen molar-refractivity contribution in [3.8, 4) is 0 Å². The van der Waals surface area contributed by atoms with Crippen molar-refractivity contribution in [2.24, 2.45) is 7.05 Å². The zero-order chi connectivity index (χ0) is 18.1. The Morgan fingerprint density at radius 1 is 1.25 bits per heavy atom. The summed E-state index contributed by atoms with van der Waals surface area (Å²) < 4.78 is 33.9. The predicted molar refractivity (Wildman–Crippen MR) is 89.3 cm³/mol. The number of hydrogen-bond donors (Lipinski definition) is 0. The molecule has 0 aliphatic carbocycles. The summed E-state index contributed by atoms with van der Waals surface area (Å²) >= 11 is 0. The van der Waals surface area contributed by atoms with Crippen molar-refractivity contribution in [2.75, 3.05) is 32.8 Å². The third-order valence-corrected chi connectivity index (χ3v) is 5.79. The molecule has 24 heavy (non-hydrogen) atoms. The minimum Gasteiger partial charge on any atom is -0.450 e. The van der Waals surface area contributed by atoms with Crippen molar-refractivity contribution in [3.05, 3.63) is 11.9 Å². The van der Waals surface area contributed by atoms with Gasteiger partial charge in [0.05, 0.1) is 12.3 Å². The quantitative estimate of drug-likeness (QED) is 0.810. The number of sulfonamides is 1. The van der Waals surface area contributed by atoms with E-state index in [0.29, 0.717) is 25.4 Å². The molecule has 1 saturated heterocycles. The van der Waals surface area contributed by atoms with E-state index < -0.39 is 16.1 Å². The Hall–Kier alpha value is -1.61. The van der Waals surface area contributed by atoms with Gasteiger partial charge < -0.3 is 9.64 Å². The van der Waals surface area contributed by atoms with Crippen LogP contribution in [0.5, 0.6) is 0 Å². The zero-order valence-electron chi connectivity index (χ0n) is 14.9. The topological polar surface area (TPSA) is 84.7 Å². The lowest BCUT2D eigenvalue weighted by molar-refractivity contribution is 0.0934. The van der Waals surface area contributed by atoms with E-state index in [1.807, 2.05) is 20.8 Å². The molecule has 0 unspecified atom stereocenters. The monoisotopic (exact) mass is 358 g/mol. The molecule has 0 spiro atoms. The number of piperazine rings is 1. The summed E-state index contributed by atoms with van der Waals surface area (Å²) in [4.78, 5) is 13.5. The van der Waals surface area contributed by atoms with Gasteiger partial charge in [0.25, 0.3) is 0 Å². The first-order valence-electron chi connectivity index (χ1n) is 8.03. The maximum Gasteiger partial charge on any atom is 0.409 e. The Bertz CT molecular complexity index is 698. The van der Waals surface area contributed by atoms with Crippen LogP contribution in [0.25, 0.3) is 0 Å². The third-order valence-electron chi connectivity index (χ3n) is 3.89. The van der Waals surface area contributed by atoms with Gasteiger partial charge in [0.2, 0.25) is 10.0 Å². The van der Waals surface area contributed by atoms with E-state index in [9.17, 15) is 13.2 Å². The van der Waals surface area contributed by atoms with Crippen molar-refractivity contribution in [2.45, 2.75) is 38.0 Å². The highest BCUT2D eigenvalue weighted by atomic mass is 32.2. The predicted octanol–water partition coefficient (Wildman–Crippen LogP) is 1.18. The van der Waals surface area contributed by atoms with E-state index in [4.69, 9.17) is 4.74 Å². The van der Waals surface area contributed by atoms with E-state index in [-0.39, 0.29) is 23.4 Å². The number of nitrogens with zero attached hydrogens (tertiary/aromatic N) is 4. The highest BCUT2D eigenvalue weighted by Gasteiger charge is 2.36. The van der Waals surface area contributed by atoms with E-state index >= 15 is 0 Å². The van der Waals surface area contributed by atoms with E-state index in [2.05, 4.69) is 5.10 Å². The Labute approximate surface area is 143 Å². The summed E-state index contributed by atoms with van der Waals surface area (Å²) in [6.07, 6.45) is 1.15. The lowest BCUT2D eigenvalue weighted by Gasteiger charge is -2.33. The molecule has 1 fully saturated rings. The van der Waals surface area contributed by atoms with Gasteiger partial charge in [-0.05, 0) is 6.92 Å². The van der Waals surface area contributed by atoms with Crippen LogP contribution < -0.4 is 0 Å². The molecule has 0 aromatic carbocycles. The first-order valence-corrected chi connectivity index (χ1v) is 9.47. The molecule has 0 atom stereocenters. The summed E-state index contributed by atoms with van der Waals surface area (Å²) in [7, 11) is -1.93. The van der Waals surface area contributed by atoms with Gasteiger partial charge in [-0.3, -0.25) is 4.68 Å². The molecule has 0 bridgehead atoms. The largest absolute Gasteiger partial charge is 0.450 e. The fourth-order valence-corrected chi connectivity index (χ4v) is 4.44. The molecule has 8 nitrogen and oxygen atoms in total. The molecule has 2 rings (SSSR count). The van der Waals surface area contributed by atoms with Crippen LogP contribution in [0.1, 0.15) is 33.4 Å². The number of carbonyl (C=O) groups is 1. The smallest absolute Gasteiger partial charge is 0.409 e. The Kier molecular flexibility index (Phi) is 5.24. The first-order chi connectivity index (χ1) is 11.1. The van der Waals surface area contributed by atoms with Crippen LogP contribution in [0, 0.1) is 0 Å². The van der Waals surface area contributed by atoms with E-state index in [1.54, 1.807) is 20.2 Å². The number of amides is 1. The van der Waals surface area contributed by atoms with Crippen LogP contribution in [0.3, 0.4) is 0 Å². The number of hydrogen-bond acceptors (Lipinski definition) is 5. The van der Waals surface area contributed by atoms with Crippen molar-refractivity contribution in [1.29, 1.82) is 0 Å². The maximum absolute atomic E-state index is 13.0. The lowest BCUT2D eigenvalue weighted by Crippen LogP contribution is -2.50. The molecule has 1 amide bonds. The molecular weight excluding hydrogens is 332 g/mol. The Morgan fingerprint density at radius 2 is 1.83 bits per heavy atom. The van der Waals surface area contributed by atoms with Crippen molar-refractivity contribution in [3.63, 3.8) is 0 Å². The first kappa shape index (κ1) is 18.7. The van der Waals surface area contributed by atoms with Crippen LogP contribution in [-0.2, 0) is 27.2 Å². The molecule has 0 saturated carbocycles. The lowest BCUT2D eigenvalue weighted by atomic mass is 9.92. The minimum atomic E-state index is -3.65. The van der Waals surface area contributed by atoms with Gasteiger partial charge in [-0.25, -0.2) is 13.2 Å². The SMILES string of the molecule is CCOC(=O)N1CCN(S(=O)(=O)c2cn(C)nc2C(C)(C)C)CC1. The van der Waals surface area contributed by atoms with Crippen molar-refractivity contribution in [1.82, 2.24) is 19.0 Å². The third kappa shape index (κ3) is 3.72. The van der Waals surface area contributed by atoms with Gasteiger partial charge in [-0.15, -0.1) is 0 Å². The van der Waals surface area contributed by atoms with Crippen LogP contribution >= 0.6 is 0 Å². The fraction of sp³-hybridized carbons (Fsp3) is 0.733. The van der Waals surface area contributed by atoms with Gasteiger partial charge in [0.1, 0.15) is 4.90 Å². The summed E-state index contributed by atoms with van der Waals surface area (Å²) in [6.45, 7) is 9.01. The molecule has 1 aromatic rings. The number of aryl methyl sites for hydroxylation is 1. The minimum absolute atomic E-state index is 0.238. The standard InChI is InChI=1S/C15H26N4O4S/c1-6-23-14(20)18-7-9-19(10-8-18)24(21,22)12-11-17(5)16-13(12)15(2,3)4/h11H,6-10H2,1-5H3. The van der Waals surface area contributed by atoms with Crippen LogP contribution in [0.15, 0.2) is 11.1 Å². The number of carbonyl (C=O) groups excluding carboxylic acids is 1. The van der Waals surface area contributed by atoms with Gasteiger partial charge in [-0.1, -0.05) is 20.8 Å². The molecule has 0 N–H and O–H groups in total. The Morgan fingerprint density at radius 3 is 2.33 bits per heavy atom. The van der Waals surface area contributed by atoms with Crippen LogP contribution in [0.2, 0.25) is 0 Å². The summed E-state index contributed by atoms with van der Waals surface area (Å²) in [5, 5.41) is 4.34. The molecule has 0 radical (unpaired) electrons. The van der Waals surface area contributed by atoms with Gasteiger partial charge in [0, 0.05) is 44.8 Å². The second kappa shape index (κ2) is 6.72. The van der Waals surface area contributed by atoms with E-state index in [0.717, 1.165) is 0 Å². The van der Waals surface area contributed by atoms with Crippen LogP contribution in [-0.4, -0.2) is 66.3 Å². The molecule has 9 heteroatoms. The summed E-state index contributed by atoms with van der Waals surface area (Å²) in [6, 6.07) is 0. The second-order valence-corrected chi connectivity index (χ2v) is 8.76. The average Bonchev–Trinajstić information content (AvgIpc) is 2.91. The fourth-order valence-electron chi connectivity index (χ4n) is 2.64. The molecule has 136 valence electrons. The average molecular weight is 358 g/mol. The summed E-state index contributed by atoms with van der Waals surface area (Å²) in [5.41, 5.74) is 0.175. The van der Waals surface area contributed by atoms with Crippen LogP contribution in [0.4, 0.5) is 4.79 Å². The summed E-state index contributed by atoms with van der Waals surface area (Å²) in [5.74, 6) is 0. The zero-order valence-corrected chi connectivity index (χ0v) is 15.8. The second-order valence-electron chi connectivity index (χ2n) is 6.86. The highest BCUT2D eigenvalue weighted by Crippen LogP contribution is 2.29. The Balaban J connectivity index is 2.20. The van der Waals surface area contributed by atoms with E-state index in [1.165, 1.54) is 13.9 Å². The highest BCUT2D eigenvalue weighted by molar-refractivity contribution is 7.89. The molecule has 1 aliphatic rings. The van der Waals surface area contributed by atoms with Gasteiger partial charge in [0.15, 0.2) is 0 Å². The number of ether oxygens (including phenoxy) is 1. The normalized spacial score (nSPS) is 17.1. The molecular formula is C15H26N4O4S. The maximum atomic E-state index is 13.0. The molecule has 2 heterocycles.